The minimum atomic E-state index is 0.0299. The van der Waals surface area contributed by atoms with E-state index in [4.69, 9.17) is 17.3 Å². The number of benzene rings is 1. The minimum absolute atomic E-state index is 0.0299. The van der Waals surface area contributed by atoms with E-state index in [0.717, 1.165) is 16.3 Å². The second-order valence-electron chi connectivity index (χ2n) is 7.01. The summed E-state index contributed by atoms with van der Waals surface area (Å²) in [5, 5.41) is 0.812. The number of hydrogen-bond acceptors (Lipinski definition) is 2. The van der Waals surface area contributed by atoms with Gasteiger partial charge in [0.25, 0.3) is 0 Å². The van der Waals surface area contributed by atoms with Crippen molar-refractivity contribution in [2.75, 3.05) is 11.9 Å². The summed E-state index contributed by atoms with van der Waals surface area (Å²) in [6, 6.07) is 6.84. The number of hydrogen-bond donors (Lipinski definition) is 1. The van der Waals surface area contributed by atoms with E-state index in [1.165, 1.54) is 25.7 Å². The fraction of sp³-hybridized carbons (Fsp3) is 0.647. The average molecular weight is 295 g/mol. The molecule has 0 heterocycles. The van der Waals surface area contributed by atoms with Crippen LogP contribution in [0.2, 0.25) is 5.02 Å². The summed E-state index contributed by atoms with van der Waals surface area (Å²) in [5.74, 6) is 0. The summed E-state index contributed by atoms with van der Waals surface area (Å²) in [5.41, 5.74) is 8.63. The maximum atomic E-state index is 6.45. The molecule has 1 aromatic carbocycles. The molecule has 1 aromatic rings. The molecular formula is C17H27ClN2. The minimum Gasteiger partial charge on any atom is -0.370 e. The second kappa shape index (κ2) is 5.95. The molecule has 0 spiro atoms. The third kappa shape index (κ3) is 3.48. The Morgan fingerprint density at radius 3 is 2.40 bits per heavy atom. The fourth-order valence-electron chi connectivity index (χ4n) is 3.06. The smallest absolute Gasteiger partial charge is 0.0642 e. The van der Waals surface area contributed by atoms with E-state index in [1.54, 1.807) is 0 Å². The zero-order valence-electron chi connectivity index (χ0n) is 13.1. The van der Waals surface area contributed by atoms with Gasteiger partial charge in [0.15, 0.2) is 0 Å². The van der Waals surface area contributed by atoms with Crippen LogP contribution >= 0.6 is 11.6 Å². The number of nitrogens with two attached hydrogens (primary N) is 1. The van der Waals surface area contributed by atoms with E-state index in [9.17, 15) is 0 Å². The Labute approximate surface area is 128 Å². The lowest BCUT2D eigenvalue weighted by Crippen LogP contribution is -2.37. The van der Waals surface area contributed by atoms with Crippen molar-refractivity contribution in [1.82, 2.24) is 0 Å². The first-order valence-corrected chi connectivity index (χ1v) is 7.96. The molecule has 0 aliphatic heterocycles. The van der Waals surface area contributed by atoms with E-state index in [-0.39, 0.29) is 6.04 Å². The molecule has 0 amide bonds. The molecule has 112 valence electrons. The molecular weight excluding hydrogens is 268 g/mol. The molecule has 1 fully saturated rings. The maximum absolute atomic E-state index is 6.45. The first-order valence-electron chi connectivity index (χ1n) is 7.58. The normalized spacial score (nSPS) is 20.7. The van der Waals surface area contributed by atoms with Gasteiger partial charge >= 0.3 is 0 Å². The van der Waals surface area contributed by atoms with Crippen molar-refractivity contribution in [1.29, 1.82) is 0 Å². The number of rotatable bonds is 3. The fourth-order valence-corrected chi connectivity index (χ4v) is 3.38. The van der Waals surface area contributed by atoms with Crippen LogP contribution in [0.15, 0.2) is 18.2 Å². The highest BCUT2D eigenvalue weighted by molar-refractivity contribution is 6.33. The predicted molar refractivity (Wildman–Crippen MR) is 88.5 cm³/mol. The van der Waals surface area contributed by atoms with Crippen LogP contribution in [-0.2, 0) is 0 Å². The number of halogens is 1. The number of nitrogens with zero attached hydrogens (tertiary/aromatic N) is 1. The van der Waals surface area contributed by atoms with Crippen LogP contribution in [0.3, 0.4) is 0 Å². The Hall–Kier alpha value is -0.730. The van der Waals surface area contributed by atoms with Crippen molar-refractivity contribution in [2.24, 2.45) is 11.1 Å². The molecule has 1 aliphatic carbocycles. The molecule has 1 saturated carbocycles. The summed E-state index contributed by atoms with van der Waals surface area (Å²) >= 11 is 6.45. The van der Waals surface area contributed by atoms with E-state index in [2.05, 4.69) is 37.9 Å². The van der Waals surface area contributed by atoms with Crippen molar-refractivity contribution in [2.45, 2.75) is 58.5 Å². The summed E-state index contributed by atoms with van der Waals surface area (Å²) in [6.07, 6.45) is 5.07. The first kappa shape index (κ1) is 15.7. The molecule has 0 radical (unpaired) electrons. The summed E-state index contributed by atoms with van der Waals surface area (Å²) in [7, 11) is 2.16. The van der Waals surface area contributed by atoms with Gasteiger partial charge < -0.3 is 10.6 Å². The van der Waals surface area contributed by atoms with Crippen molar-refractivity contribution in [3.63, 3.8) is 0 Å². The maximum Gasteiger partial charge on any atom is 0.0642 e. The topological polar surface area (TPSA) is 29.3 Å². The van der Waals surface area contributed by atoms with Gasteiger partial charge in [-0.15, -0.1) is 0 Å². The summed E-state index contributed by atoms with van der Waals surface area (Å²) in [6.45, 7) is 6.72. The molecule has 2 rings (SSSR count). The van der Waals surface area contributed by atoms with Crippen LogP contribution in [0, 0.1) is 5.41 Å². The summed E-state index contributed by atoms with van der Waals surface area (Å²) in [4.78, 5) is 2.35. The SMILES string of the molecule is C[C@@H](N)c1ccc(N(C)C2CCC(C)(C)CC2)c(Cl)c1. The van der Waals surface area contributed by atoms with Crippen LogP contribution < -0.4 is 10.6 Å². The molecule has 0 saturated heterocycles. The second-order valence-corrected chi connectivity index (χ2v) is 7.41. The molecule has 0 aromatic heterocycles. The lowest BCUT2D eigenvalue weighted by Gasteiger charge is -2.40. The number of anilines is 1. The monoisotopic (exact) mass is 294 g/mol. The zero-order chi connectivity index (χ0) is 14.9. The lowest BCUT2D eigenvalue weighted by atomic mass is 9.75. The highest BCUT2D eigenvalue weighted by Crippen LogP contribution is 2.39. The van der Waals surface area contributed by atoms with Gasteiger partial charge in [-0.1, -0.05) is 31.5 Å². The molecule has 0 unspecified atom stereocenters. The van der Waals surface area contributed by atoms with Crippen LogP contribution in [0.1, 0.15) is 58.1 Å². The van der Waals surface area contributed by atoms with Crippen molar-refractivity contribution >= 4 is 17.3 Å². The van der Waals surface area contributed by atoms with Gasteiger partial charge in [-0.2, -0.15) is 0 Å². The average Bonchev–Trinajstić information content (AvgIpc) is 2.37. The Morgan fingerprint density at radius 1 is 1.30 bits per heavy atom. The predicted octanol–water partition coefficient (Wildman–Crippen LogP) is 4.76. The van der Waals surface area contributed by atoms with Gasteiger partial charge in [-0.25, -0.2) is 0 Å². The Bertz CT molecular complexity index is 458. The molecule has 3 heteroatoms. The van der Waals surface area contributed by atoms with Crippen LogP contribution in [0.4, 0.5) is 5.69 Å². The van der Waals surface area contributed by atoms with Crippen molar-refractivity contribution < 1.29 is 0 Å². The third-order valence-electron chi connectivity index (χ3n) is 4.73. The van der Waals surface area contributed by atoms with E-state index >= 15 is 0 Å². The lowest BCUT2D eigenvalue weighted by molar-refractivity contribution is 0.222. The van der Waals surface area contributed by atoms with Gasteiger partial charge in [0.1, 0.15) is 0 Å². The van der Waals surface area contributed by atoms with Crippen LogP contribution in [0.25, 0.3) is 0 Å². The van der Waals surface area contributed by atoms with Gasteiger partial charge in [-0.05, 0) is 55.7 Å². The molecule has 20 heavy (non-hydrogen) atoms. The molecule has 1 atom stereocenters. The quantitative estimate of drug-likeness (QED) is 0.870. The molecule has 0 bridgehead atoms. The highest BCUT2D eigenvalue weighted by atomic mass is 35.5. The standard InChI is InChI=1S/C17H27ClN2/c1-12(19)13-5-6-16(15(18)11-13)20(4)14-7-9-17(2,3)10-8-14/h5-6,11-12,14H,7-10,19H2,1-4H3/t12-/m1/s1. The summed E-state index contributed by atoms with van der Waals surface area (Å²) < 4.78 is 0. The molecule has 2 nitrogen and oxygen atoms in total. The van der Waals surface area contributed by atoms with Crippen LogP contribution in [-0.4, -0.2) is 13.1 Å². The highest BCUT2D eigenvalue weighted by Gasteiger charge is 2.29. The largest absolute Gasteiger partial charge is 0.370 e. The van der Waals surface area contributed by atoms with Crippen molar-refractivity contribution in [3.8, 4) is 0 Å². The Kier molecular flexibility index (Phi) is 4.66. The van der Waals surface area contributed by atoms with Gasteiger partial charge in [0, 0.05) is 19.1 Å². The first-order chi connectivity index (χ1) is 9.30. The third-order valence-corrected chi connectivity index (χ3v) is 5.04. The van der Waals surface area contributed by atoms with Gasteiger partial charge in [0.2, 0.25) is 0 Å². The molecule has 2 N–H and O–H groups in total. The van der Waals surface area contributed by atoms with E-state index < -0.39 is 0 Å². The van der Waals surface area contributed by atoms with Crippen LogP contribution in [0.5, 0.6) is 0 Å². The van der Waals surface area contributed by atoms with Gasteiger partial charge in [0.05, 0.1) is 10.7 Å². The Morgan fingerprint density at radius 2 is 1.90 bits per heavy atom. The van der Waals surface area contributed by atoms with Gasteiger partial charge in [-0.3, -0.25) is 0 Å². The van der Waals surface area contributed by atoms with E-state index in [0.29, 0.717) is 11.5 Å². The van der Waals surface area contributed by atoms with E-state index in [1.807, 2.05) is 13.0 Å². The molecule has 1 aliphatic rings. The van der Waals surface area contributed by atoms with Crippen molar-refractivity contribution in [3.05, 3.63) is 28.8 Å². The zero-order valence-corrected chi connectivity index (χ0v) is 13.9. The Balaban J connectivity index is 2.12.